The number of rotatable bonds is 0. The van der Waals surface area contributed by atoms with E-state index in [-0.39, 0.29) is 12.4 Å². The fourth-order valence-corrected chi connectivity index (χ4v) is 1.96. The van der Waals surface area contributed by atoms with Crippen LogP contribution < -0.4 is 5.32 Å². The third-order valence-corrected chi connectivity index (χ3v) is 2.66. The van der Waals surface area contributed by atoms with Gasteiger partial charge in [-0.05, 0) is 18.3 Å². The molecule has 0 atom stereocenters. The highest BCUT2D eigenvalue weighted by atomic mass is 35.5. The summed E-state index contributed by atoms with van der Waals surface area (Å²) in [5.41, 5.74) is 0.806. The lowest BCUT2D eigenvalue weighted by Crippen LogP contribution is -2.51. The van der Waals surface area contributed by atoms with Crippen LogP contribution in [-0.2, 0) is 0 Å². The maximum Gasteiger partial charge on any atom is 0.00202 e. The highest BCUT2D eigenvalue weighted by molar-refractivity contribution is 5.85. The van der Waals surface area contributed by atoms with E-state index >= 15 is 0 Å². The summed E-state index contributed by atoms with van der Waals surface area (Å²) in [6.45, 7) is 2.62. The molecule has 0 aromatic heterocycles. The van der Waals surface area contributed by atoms with Crippen LogP contribution in [0.15, 0.2) is 0 Å². The standard InChI is InChI=1S/C7H13N.ClH/c1-2-4-7(3-1)5-8-6-7;/h8H,1-6H2;1H. The van der Waals surface area contributed by atoms with Crippen LogP contribution in [0.2, 0.25) is 0 Å². The zero-order valence-corrected chi connectivity index (χ0v) is 6.47. The second kappa shape index (κ2) is 2.47. The Kier molecular flexibility index (Phi) is 2.02. The Balaban J connectivity index is 0.000000405. The van der Waals surface area contributed by atoms with Crippen LogP contribution in [0.1, 0.15) is 25.7 Å². The Hall–Kier alpha value is 0.250. The molecule has 54 valence electrons. The molecule has 0 radical (unpaired) electrons. The van der Waals surface area contributed by atoms with Gasteiger partial charge in [0.15, 0.2) is 0 Å². The van der Waals surface area contributed by atoms with Gasteiger partial charge in [-0.25, -0.2) is 0 Å². The van der Waals surface area contributed by atoms with Crippen molar-refractivity contribution in [1.82, 2.24) is 5.32 Å². The predicted octanol–water partition coefficient (Wildman–Crippen LogP) is 1.57. The van der Waals surface area contributed by atoms with Crippen molar-refractivity contribution in [3.63, 3.8) is 0 Å². The summed E-state index contributed by atoms with van der Waals surface area (Å²) >= 11 is 0. The van der Waals surface area contributed by atoms with Gasteiger partial charge in [0.25, 0.3) is 0 Å². The zero-order valence-electron chi connectivity index (χ0n) is 5.65. The first-order valence-electron chi connectivity index (χ1n) is 3.62. The number of hydrogen-bond acceptors (Lipinski definition) is 1. The van der Waals surface area contributed by atoms with Crippen LogP contribution in [0.5, 0.6) is 0 Å². The smallest absolute Gasteiger partial charge is 0.00202 e. The van der Waals surface area contributed by atoms with Crippen LogP contribution >= 0.6 is 12.4 Å². The lowest BCUT2D eigenvalue weighted by Gasteiger charge is -2.39. The van der Waals surface area contributed by atoms with E-state index in [1.54, 1.807) is 0 Å². The fraction of sp³-hybridized carbons (Fsp3) is 1.00. The van der Waals surface area contributed by atoms with E-state index < -0.39 is 0 Å². The van der Waals surface area contributed by atoms with Gasteiger partial charge in [0, 0.05) is 13.1 Å². The summed E-state index contributed by atoms with van der Waals surface area (Å²) in [4.78, 5) is 0. The van der Waals surface area contributed by atoms with E-state index in [1.165, 1.54) is 38.8 Å². The summed E-state index contributed by atoms with van der Waals surface area (Å²) in [5, 5.41) is 3.34. The van der Waals surface area contributed by atoms with Crippen molar-refractivity contribution >= 4 is 12.4 Å². The second-order valence-electron chi connectivity index (χ2n) is 3.31. The minimum Gasteiger partial charge on any atom is -0.316 e. The average molecular weight is 148 g/mol. The van der Waals surface area contributed by atoms with Crippen molar-refractivity contribution in [3.8, 4) is 0 Å². The molecule has 1 nitrogen and oxygen atoms in total. The average Bonchev–Trinajstić information content (AvgIpc) is 2.07. The molecule has 0 unspecified atom stereocenters. The molecule has 2 aliphatic rings. The van der Waals surface area contributed by atoms with Crippen LogP contribution in [0.3, 0.4) is 0 Å². The molecule has 2 fully saturated rings. The Morgan fingerprint density at radius 3 is 1.78 bits per heavy atom. The van der Waals surface area contributed by atoms with Crippen molar-refractivity contribution in [2.24, 2.45) is 5.41 Å². The molecule has 1 heterocycles. The third-order valence-electron chi connectivity index (χ3n) is 2.66. The minimum absolute atomic E-state index is 0. The molecule has 1 aliphatic heterocycles. The first-order chi connectivity index (χ1) is 3.91. The quantitative estimate of drug-likeness (QED) is 0.549. The van der Waals surface area contributed by atoms with E-state index in [0.29, 0.717) is 0 Å². The van der Waals surface area contributed by atoms with Crippen molar-refractivity contribution in [1.29, 1.82) is 0 Å². The predicted molar refractivity (Wildman–Crippen MR) is 41.0 cm³/mol. The van der Waals surface area contributed by atoms with Gasteiger partial charge in [-0.3, -0.25) is 0 Å². The van der Waals surface area contributed by atoms with Crippen molar-refractivity contribution < 1.29 is 0 Å². The Morgan fingerprint density at radius 1 is 1.00 bits per heavy atom. The van der Waals surface area contributed by atoms with E-state index in [9.17, 15) is 0 Å². The molecule has 1 saturated heterocycles. The summed E-state index contributed by atoms with van der Waals surface area (Å²) < 4.78 is 0. The van der Waals surface area contributed by atoms with E-state index in [4.69, 9.17) is 0 Å². The molecular formula is C7H14ClN. The molecule has 0 bridgehead atoms. The van der Waals surface area contributed by atoms with Gasteiger partial charge >= 0.3 is 0 Å². The largest absolute Gasteiger partial charge is 0.316 e. The molecule has 2 heteroatoms. The van der Waals surface area contributed by atoms with Gasteiger partial charge < -0.3 is 5.32 Å². The van der Waals surface area contributed by atoms with Gasteiger partial charge in [-0.2, -0.15) is 0 Å². The van der Waals surface area contributed by atoms with Gasteiger partial charge in [-0.15, -0.1) is 12.4 Å². The van der Waals surface area contributed by atoms with Crippen molar-refractivity contribution in [2.45, 2.75) is 25.7 Å². The van der Waals surface area contributed by atoms with Crippen molar-refractivity contribution in [3.05, 3.63) is 0 Å². The molecule has 1 saturated carbocycles. The van der Waals surface area contributed by atoms with Crippen LogP contribution in [-0.4, -0.2) is 13.1 Å². The molecule has 0 amide bonds. The first-order valence-corrected chi connectivity index (χ1v) is 3.62. The molecule has 1 aliphatic carbocycles. The number of halogens is 1. The molecule has 2 rings (SSSR count). The van der Waals surface area contributed by atoms with E-state index in [1.807, 2.05) is 0 Å². The SMILES string of the molecule is C1CCC2(C1)CNC2.Cl. The molecule has 0 aromatic rings. The van der Waals surface area contributed by atoms with Gasteiger partial charge in [0.05, 0.1) is 0 Å². The first kappa shape index (κ1) is 7.36. The Labute approximate surface area is 62.6 Å². The van der Waals surface area contributed by atoms with Crippen LogP contribution in [0.25, 0.3) is 0 Å². The van der Waals surface area contributed by atoms with Crippen LogP contribution in [0, 0.1) is 5.41 Å². The van der Waals surface area contributed by atoms with Gasteiger partial charge in [0.2, 0.25) is 0 Å². The topological polar surface area (TPSA) is 12.0 Å². The fourth-order valence-electron chi connectivity index (χ4n) is 1.96. The van der Waals surface area contributed by atoms with E-state index in [2.05, 4.69) is 5.32 Å². The van der Waals surface area contributed by atoms with Gasteiger partial charge in [0.1, 0.15) is 0 Å². The number of hydrogen-bond donors (Lipinski definition) is 1. The highest BCUT2D eigenvalue weighted by Crippen LogP contribution is 2.40. The molecule has 9 heavy (non-hydrogen) atoms. The van der Waals surface area contributed by atoms with Gasteiger partial charge in [-0.1, -0.05) is 12.8 Å². The van der Waals surface area contributed by atoms with Crippen LogP contribution in [0.4, 0.5) is 0 Å². The molecule has 1 spiro atoms. The Morgan fingerprint density at radius 2 is 1.56 bits per heavy atom. The summed E-state index contributed by atoms with van der Waals surface area (Å²) in [6, 6.07) is 0. The normalized spacial score (nSPS) is 29.3. The lowest BCUT2D eigenvalue weighted by molar-refractivity contribution is 0.178. The highest BCUT2D eigenvalue weighted by Gasteiger charge is 2.38. The Bertz CT molecular complexity index is 91.1. The lowest BCUT2D eigenvalue weighted by atomic mass is 9.80. The second-order valence-corrected chi connectivity index (χ2v) is 3.31. The van der Waals surface area contributed by atoms with E-state index in [0.717, 1.165) is 5.41 Å². The minimum atomic E-state index is 0. The third kappa shape index (κ3) is 1.08. The summed E-state index contributed by atoms with van der Waals surface area (Å²) in [5.74, 6) is 0. The molecule has 1 N–H and O–H groups in total. The summed E-state index contributed by atoms with van der Waals surface area (Å²) in [6.07, 6.45) is 5.98. The molecule has 0 aromatic carbocycles. The zero-order chi connectivity index (χ0) is 5.45. The monoisotopic (exact) mass is 147 g/mol. The van der Waals surface area contributed by atoms with Crippen molar-refractivity contribution in [2.75, 3.05) is 13.1 Å². The number of nitrogens with one attached hydrogen (secondary N) is 1. The maximum atomic E-state index is 3.34. The maximum absolute atomic E-state index is 3.34. The summed E-state index contributed by atoms with van der Waals surface area (Å²) in [7, 11) is 0. The molecular weight excluding hydrogens is 134 g/mol.